The highest BCUT2D eigenvalue weighted by Crippen LogP contribution is 2.39. The first-order valence-corrected chi connectivity index (χ1v) is 11.2. The van der Waals surface area contributed by atoms with Gasteiger partial charge in [-0.1, -0.05) is 46.4 Å². The van der Waals surface area contributed by atoms with Crippen LogP contribution < -0.4 is 21.5 Å². The smallest absolute Gasteiger partial charge is 0.327 e. The van der Waals surface area contributed by atoms with E-state index in [9.17, 15) is 19.6 Å². The molecule has 1 heterocycles. The molecular formula is C20H19Cl4N6O4-. The zero-order valence-electron chi connectivity index (χ0n) is 17.8. The maximum atomic E-state index is 13.4. The minimum Gasteiger partial charge on any atom is -0.753 e. The first-order valence-electron chi connectivity index (χ1n) is 9.66. The summed E-state index contributed by atoms with van der Waals surface area (Å²) in [6.07, 6.45) is -1.41. The summed E-state index contributed by atoms with van der Waals surface area (Å²) in [6, 6.07) is 6.76. The molecule has 0 radical (unpaired) electrons. The molecular weight excluding hydrogens is 530 g/mol. The molecule has 5 amide bonds. The van der Waals surface area contributed by atoms with Gasteiger partial charge in [-0.2, -0.15) is 0 Å². The van der Waals surface area contributed by atoms with Gasteiger partial charge in [0.2, 0.25) is 0 Å². The molecule has 2 aromatic rings. The van der Waals surface area contributed by atoms with Gasteiger partial charge in [0.05, 0.1) is 25.6 Å². The number of urea groups is 2. The number of amides is 5. The summed E-state index contributed by atoms with van der Waals surface area (Å²) in [5.41, 5.74) is 1.01. The first-order chi connectivity index (χ1) is 15.9. The van der Waals surface area contributed by atoms with Crippen LogP contribution in [0.3, 0.4) is 0 Å². The molecule has 3 rings (SSSR count). The van der Waals surface area contributed by atoms with Crippen molar-refractivity contribution in [2.75, 3.05) is 16.8 Å². The molecule has 182 valence electrons. The van der Waals surface area contributed by atoms with E-state index < -0.39 is 36.2 Å². The number of rotatable bonds is 5. The van der Waals surface area contributed by atoms with Crippen LogP contribution in [0.4, 0.5) is 21.0 Å². The molecule has 1 aliphatic heterocycles. The summed E-state index contributed by atoms with van der Waals surface area (Å²) in [7, 11) is 0. The van der Waals surface area contributed by atoms with Gasteiger partial charge >= 0.3 is 12.1 Å². The second-order valence-electron chi connectivity index (χ2n) is 7.82. The minimum absolute atomic E-state index is 0.100. The lowest BCUT2D eigenvalue weighted by Gasteiger charge is -2.45. The van der Waals surface area contributed by atoms with Crippen molar-refractivity contribution in [2.24, 2.45) is 5.84 Å². The van der Waals surface area contributed by atoms with Crippen molar-refractivity contribution >= 4 is 75.7 Å². The fourth-order valence-electron chi connectivity index (χ4n) is 3.54. The zero-order valence-corrected chi connectivity index (χ0v) is 20.8. The van der Waals surface area contributed by atoms with E-state index in [-0.39, 0.29) is 36.5 Å². The van der Waals surface area contributed by atoms with Crippen LogP contribution >= 0.6 is 46.4 Å². The molecule has 10 nitrogen and oxygen atoms in total. The van der Waals surface area contributed by atoms with Gasteiger partial charge in [-0.15, -0.1) is 0 Å². The molecule has 0 spiro atoms. The number of nitrogens with one attached hydrogen (secondary N) is 2. The van der Waals surface area contributed by atoms with Crippen molar-refractivity contribution in [3.05, 3.63) is 61.7 Å². The number of hydrazine groups is 1. The number of carbonyl (C=O) groups excluding carboxylic acids is 3. The summed E-state index contributed by atoms with van der Waals surface area (Å²) in [5, 5.41) is 16.7. The molecule has 14 heteroatoms. The fourth-order valence-corrected chi connectivity index (χ4v) is 4.13. The highest BCUT2D eigenvalue weighted by atomic mass is 35.5. The molecule has 34 heavy (non-hydrogen) atoms. The normalized spacial score (nSPS) is 17.1. The van der Waals surface area contributed by atoms with Crippen molar-refractivity contribution < 1.29 is 14.4 Å². The minimum atomic E-state index is -1.41. The van der Waals surface area contributed by atoms with Crippen LogP contribution in [0.15, 0.2) is 36.4 Å². The van der Waals surface area contributed by atoms with Gasteiger partial charge in [-0.3, -0.25) is 15.1 Å². The fraction of sp³-hybridized carbons (Fsp3) is 0.250. The number of carbonyl (C=O) groups is 3. The van der Waals surface area contributed by atoms with Gasteiger partial charge in [-0.05, 0) is 50.2 Å². The van der Waals surface area contributed by atoms with Crippen LogP contribution in [0, 0.1) is 5.21 Å². The molecule has 1 atom stereocenters. The molecule has 1 aliphatic rings. The quantitative estimate of drug-likeness (QED) is 0.283. The molecule has 0 unspecified atom stereocenters. The Kier molecular flexibility index (Phi) is 7.71. The van der Waals surface area contributed by atoms with Crippen molar-refractivity contribution in [3.63, 3.8) is 0 Å². The number of halogens is 4. The summed E-state index contributed by atoms with van der Waals surface area (Å²) in [5.74, 6) is 4.51. The average Bonchev–Trinajstić information content (AvgIpc) is 2.97. The third-order valence-corrected chi connectivity index (χ3v) is 6.72. The third-order valence-electron chi connectivity index (χ3n) is 5.25. The number of hydrogen-bond acceptors (Lipinski definition) is 5. The average molecular weight is 549 g/mol. The van der Waals surface area contributed by atoms with E-state index in [2.05, 4.69) is 5.32 Å². The standard InChI is InChI=1S/C20H19Cl4N6O4/c1-20(2)17(30(34)18(32)26-10-3-5-12(21)14(23)7-10)29(11-4-6-13(22)15(24)8-11)19(33)28(20)9-16(31)27-25/h3-8,17H,9,25H2,1-2H3,(H,26,32)(H,27,31)/q-1/t17-/m1/s1. The molecule has 0 aliphatic carbocycles. The second-order valence-corrected chi connectivity index (χ2v) is 9.45. The molecule has 1 fully saturated rings. The Labute approximate surface area is 215 Å². The van der Waals surface area contributed by atoms with Crippen molar-refractivity contribution in [1.82, 2.24) is 15.4 Å². The maximum absolute atomic E-state index is 13.4. The lowest BCUT2D eigenvalue weighted by Crippen LogP contribution is -2.58. The van der Waals surface area contributed by atoms with Crippen LogP contribution in [0.5, 0.6) is 0 Å². The Bertz CT molecular complexity index is 1150. The maximum Gasteiger partial charge on any atom is 0.327 e. The van der Waals surface area contributed by atoms with E-state index in [1.807, 2.05) is 5.43 Å². The van der Waals surface area contributed by atoms with Crippen molar-refractivity contribution in [1.29, 1.82) is 0 Å². The van der Waals surface area contributed by atoms with Gasteiger partial charge in [0.1, 0.15) is 12.7 Å². The summed E-state index contributed by atoms with van der Waals surface area (Å²) >= 11 is 24.0. The highest BCUT2D eigenvalue weighted by Gasteiger charge is 2.54. The van der Waals surface area contributed by atoms with Gasteiger partial charge < -0.3 is 20.5 Å². The van der Waals surface area contributed by atoms with E-state index in [0.29, 0.717) is 0 Å². The summed E-state index contributed by atoms with van der Waals surface area (Å²) in [4.78, 5) is 40.4. The van der Waals surface area contributed by atoms with E-state index in [1.54, 1.807) is 0 Å². The van der Waals surface area contributed by atoms with Crippen LogP contribution in [0.25, 0.3) is 0 Å². The SMILES string of the molecule is CC1(C)[C@@H](N([O-])C(=O)Nc2ccc(Cl)c(Cl)c2)N(c2ccc(Cl)c(Cl)c2)C(=O)N1CC(=O)NN. The van der Waals surface area contributed by atoms with E-state index in [0.717, 1.165) is 9.80 Å². The highest BCUT2D eigenvalue weighted by molar-refractivity contribution is 6.42. The van der Waals surface area contributed by atoms with Crippen LogP contribution in [-0.2, 0) is 4.79 Å². The van der Waals surface area contributed by atoms with Crippen molar-refractivity contribution in [3.8, 4) is 0 Å². The molecule has 0 saturated carbocycles. The number of hydroxylamine groups is 2. The van der Waals surface area contributed by atoms with Crippen molar-refractivity contribution in [2.45, 2.75) is 25.6 Å². The largest absolute Gasteiger partial charge is 0.753 e. The summed E-state index contributed by atoms with van der Waals surface area (Å²) < 4.78 is 0. The second kappa shape index (κ2) is 10.0. The number of anilines is 2. The lowest BCUT2D eigenvalue weighted by molar-refractivity contribution is -0.122. The van der Waals surface area contributed by atoms with Crippen LogP contribution in [0.1, 0.15) is 13.8 Å². The Balaban J connectivity index is 2.01. The predicted octanol–water partition coefficient (Wildman–Crippen LogP) is 4.67. The van der Waals surface area contributed by atoms with Crippen LogP contribution in [0.2, 0.25) is 20.1 Å². The molecule has 2 aromatic carbocycles. The number of nitrogens with two attached hydrogens (primary N) is 1. The third kappa shape index (κ3) is 4.97. The first kappa shape index (κ1) is 26.1. The number of hydrogen-bond donors (Lipinski definition) is 3. The molecule has 0 aromatic heterocycles. The zero-order chi connectivity index (χ0) is 25.4. The molecule has 4 N–H and O–H groups in total. The topological polar surface area (TPSA) is 134 Å². The van der Waals surface area contributed by atoms with Gasteiger partial charge in [0.25, 0.3) is 5.91 Å². The van der Waals surface area contributed by atoms with Crippen LogP contribution in [-0.4, -0.2) is 46.2 Å². The van der Waals surface area contributed by atoms with E-state index >= 15 is 0 Å². The summed E-state index contributed by atoms with van der Waals surface area (Å²) in [6.45, 7) is 2.61. The molecule has 1 saturated heterocycles. The van der Waals surface area contributed by atoms with E-state index in [4.69, 9.17) is 52.2 Å². The number of benzene rings is 2. The molecule has 0 bridgehead atoms. The Morgan fingerprint density at radius 3 is 2.21 bits per heavy atom. The Morgan fingerprint density at radius 1 is 1.06 bits per heavy atom. The van der Waals surface area contributed by atoms with Gasteiger partial charge in [0.15, 0.2) is 0 Å². The monoisotopic (exact) mass is 547 g/mol. The predicted molar refractivity (Wildman–Crippen MR) is 132 cm³/mol. The van der Waals surface area contributed by atoms with Gasteiger partial charge in [-0.25, -0.2) is 15.4 Å². The number of nitrogens with zero attached hydrogens (tertiary/aromatic N) is 3. The van der Waals surface area contributed by atoms with E-state index in [1.165, 1.54) is 50.2 Å². The lowest BCUT2D eigenvalue weighted by atomic mass is 9.99. The Hall–Kier alpha value is -2.47. The Morgan fingerprint density at radius 2 is 1.65 bits per heavy atom. The van der Waals surface area contributed by atoms with Gasteiger partial charge in [0, 0.05) is 11.4 Å².